The Kier molecular flexibility index (Phi) is 4.78. The summed E-state index contributed by atoms with van der Waals surface area (Å²) in [6, 6.07) is 13.9. The van der Waals surface area contributed by atoms with Crippen molar-refractivity contribution in [2.45, 2.75) is 18.9 Å². The molecule has 1 aromatic heterocycles. The molecule has 0 spiro atoms. The number of nitrogens with one attached hydrogen (secondary N) is 1. The maximum absolute atomic E-state index is 13.2. The number of rotatable bonds is 3. The van der Waals surface area contributed by atoms with Crippen LogP contribution in [0.25, 0.3) is 10.9 Å². The molecule has 4 nitrogen and oxygen atoms in total. The fourth-order valence-electron chi connectivity index (χ4n) is 3.73. The number of aromatic nitrogens is 1. The second kappa shape index (κ2) is 6.97. The van der Waals surface area contributed by atoms with E-state index in [1.807, 2.05) is 61.0 Å². The van der Waals surface area contributed by atoms with Crippen LogP contribution in [0.1, 0.15) is 28.0 Å². The highest BCUT2D eigenvalue weighted by Crippen LogP contribution is 2.34. The standard InChI is InChI=1S/C21H20BrClN2O2/c1-13-6-7-17-16(19(13)23)11-18(25(17)2)20(26)24-21(8-9-27-12-21)14-4-3-5-15(22)10-14/h3-7,10-11H,8-9,12H2,1-2H3,(H,24,26). The molecule has 0 aliphatic carbocycles. The number of nitrogens with zero attached hydrogens (tertiary/aromatic N) is 1. The van der Waals surface area contributed by atoms with Gasteiger partial charge >= 0.3 is 0 Å². The third-order valence-electron chi connectivity index (χ3n) is 5.34. The Labute approximate surface area is 171 Å². The molecule has 0 bridgehead atoms. The molecule has 4 rings (SSSR count). The van der Waals surface area contributed by atoms with E-state index < -0.39 is 5.54 Å². The van der Waals surface area contributed by atoms with Gasteiger partial charge in [0.25, 0.3) is 5.91 Å². The topological polar surface area (TPSA) is 43.3 Å². The summed E-state index contributed by atoms with van der Waals surface area (Å²) in [4.78, 5) is 13.2. The normalized spacial score (nSPS) is 19.6. The SMILES string of the molecule is Cc1ccc2c(cc(C(=O)NC3(c4cccc(Br)c4)CCOC3)n2C)c1Cl. The van der Waals surface area contributed by atoms with Gasteiger partial charge in [-0.2, -0.15) is 0 Å². The second-order valence-electron chi connectivity index (χ2n) is 7.07. The fraction of sp³-hybridized carbons (Fsp3) is 0.286. The molecule has 1 N–H and O–H groups in total. The van der Waals surface area contributed by atoms with Crippen LogP contribution in [0.15, 0.2) is 46.9 Å². The summed E-state index contributed by atoms with van der Waals surface area (Å²) in [5, 5.41) is 4.82. The quantitative estimate of drug-likeness (QED) is 0.617. The lowest BCUT2D eigenvalue weighted by molar-refractivity contribution is 0.0868. The predicted octanol–water partition coefficient (Wildman–Crippen LogP) is 4.95. The van der Waals surface area contributed by atoms with Gasteiger partial charge in [-0.15, -0.1) is 0 Å². The van der Waals surface area contributed by atoms with Crippen LogP contribution in [-0.2, 0) is 17.3 Å². The smallest absolute Gasteiger partial charge is 0.268 e. The first-order chi connectivity index (χ1) is 12.9. The molecule has 1 saturated heterocycles. The minimum absolute atomic E-state index is 0.132. The van der Waals surface area contributed by atoms with Crippen LogP contribution in [0, 0.1) is 6.92 Å². The third kappa shape index (κ3) is 3.18. The summed E-state index contributed by atoms with van der Waals surface area (Å²) in [5.41, 5.74) is 3.03. The minimum Gasteiger partial charge on any atom is -0.379 e. The summed E-state index contributed by atoms with van der Waals surface area (Å²) in [6.07, 6.45) is 0.735. The Hall–Kier alpha value is -1.82. The Morgan fingerprint density at radius 1 is 1.30 bits per heavy atom. The lowest BCUT2D eigenvalue weighted by Gasteiger charge is -2.29. The molecule has 1 aliphatic rings. The van der Waals surface area contributed by atoms with Crippen molar-refractivity contribution in [1.82, 2.24) is 9.88 Å². The number of amides is 1. The average Bonchev–Trinajstić information content (AvgIpc) is 3.24. The number of halogens is 2. The average molecular weight is 448 g/mol. The van der Waals surface area contributed by atoms with Gasteiger partial charge in [0, 0.05) is 35.5 Å². The van der Waals surface area contributed by atoms with Crippen LogP contribution < -0.4 is 5.32 Å². The van der Waals surface area contributed by atoms with Crippen molar-refractivity contribution in [3.8, 4) is 0 Å². The van der Waals surface area contributed by atoms with Crippen molar-refractivity contribution in [3.63, 3.8) is 0 Å². The van der Waals surface area contributed by atoms with Gasteiger partial charge in [0.1, 0.15) is 5.69 Å². The van der Waals surface area contributed by atoms with Gasteiger partial charge in [0.05, 0.1) is 17.2 Å². The van der Waals surface area contributed by atoms with E-state index >= 15 is 0 Å². The Bertz CT molecular complexity index is 1040. The van der Waals surface area contributed by atoms with Crippen LogP contribution >= 0.6 is 27.5 Å². The van der Waals surface area contributed by atoms with Gasteiger partial charge < -0.3 is 14.6 Å². The number of benzene rings is 2. The van der Waals surface area contributed by atoms with Crippen LogP contribution in [0.2, 0.25) is 5.02 Å². The molecular weight excluding hydrogens is 428 g/mol. The van der Waals surface area contributed by atoms with Gasteiger partial charge in [-0.05, 0) is 42.3 Å². The van der Waals surface area contributed by atoms with E-state index in [1.165, 1.54) is 0 Å². The molecule has 2 aromatic carbocycles. The first kappa shape index (κ1) is 18.5. The van der Waals surface area contributed by atoms with Crippen molar-refractivity contribution in [2.75, 3.05) is 13.2 Å². The largest absolute Gasteiger partial charge is 0.379 e. The Morgan fingerprint density at radius 2 is 2.11 bits per heavy atom. The zero-order valence-electron chi connectivity index (χ0n) is 15.2. The summed E-state index contributed by atoms with van der Waals surface area (Å²) < 4.78 is 8.53. The summed E-state index contributed by atoms with van der Waals surface area (Å²) in [6.45, 7) is 3.04. The summed E-state index contributed by atoms with van der Waals surface area (Å²) in [7, 11) is 1.89. The first-order valence-electron chi connectivity index (χ1n) is 8.82. The maximum Gasteiger partial charge on any atom is 0.268 e. The summed E-state index contributed by atoms with van der Waals surface area (Å²) in [5.74, 6) is -0.132. The lowest BCUT2D eigenvalue weighted by Crippen LogP contribution is -2.47. The van der Waals surface area contributed by atoms with E-state index in [2.05, 4.69) is 21.2 Å². The van der Waals surface area contributed by atoms with Crippen molar-refractivity contribution in [3.05, 3.63) is 68.8 Å². The fourth-order valence-corrected chi connectivity index (χ4v) is 4.35. The molecule has 0 saturated carbocycles. The molecule has 1 amide bonds. The van der Waals surface area contributed by atoms with Crippen LogP contribution in [0.5, 0.6) is 0 Å². The van der Waals surface area contributed by atoms with Gasteiger partial charge in [-0.25, -0.2) is 0 Å². The van der Waals surface area contributed by atoms with E-state index in [9.17, 15) is 4.79 Å². The molecule has 3 aromatic rings. The van der Waals surface area contributed by atoms with Crippen LogP contribution in [-0.4, -0.2) is 23.7 Å². The molecule has 1 unspecified atom stereocenters. The Balaban J connectivity index is 1.73. The number of carbonyl (C=O) groups excluding carboxylic acids is 1. The highest BCUT2D eigenvalue weighted by Gasteiger charge is 2.39. The molecule has 1 fully saturated rings. The number of carbonyl (C=O) groups is 1. The number of aryl methyl sites for hydroxylation is 2. The molecule has 0 radical (unpaired) electrons. The van der Waals surface area contributed by atoms with E-state index in [-0.39, 0.29) is 5.91 Å². The molecule has 6 heteroatoms. The third-order valence-corrected chi connectivity index (χ3v) is 6.33. The van der Waals surface area contributed by atoms with Crippen molar-refractivity contribution < 1.29 is 9.53 Å². The number of ether oxygens (including phenoxy) is 1. The Morgan fingerprint density at radius 3 is 2.81 bits per heavy atom. The molecule has 1 atom stereocenters. The van der Waals surface area contributed by atoms with Crippen molar-refractivity contribution in [2.24, 2.45) is 7.05 Å². The van der Waals surface area contributed by atoms with Gasteiger partial charge in [0.2, 0.25) is 0 Å². The monoisotopic (exact) mass is 446 g/mol. The summed E-state index contributed by atoms with van der Waals surface area (Å²) >= 11 is 9.98. The molecule has 1 aliphatic heterocycles. The molecule has 2 heterocycles. The van der Waals surface area contributed by atoms with E-state index in [0.29, 0.717) is 23.9 Å². The highest BCUT2D eigenvalue weighted by atomic mass is 79.9. The van der Waals surface area contributed by atoms with Gasteiger partial charge in [-0.3, -0.25) is 4.79 Å². The second-order valence-corrected chi connectivity index (χ2v) is 8.36. The van der Waals surface area contributed by atoms with Gasteiger partial charge in [-0.1, -0.05) is 45.7 Å². The molecular formula is C21H20BrClN2O2. The van der Waals surface area contributed by atoms with E-state index in [1.54, 1.807) is 0 Å². The van der Waals surface area contributed by atoms with Crippen LogP contribution in [0.3, 0.4) is 0 Å². The zero-order chi connectivity index (χ0) is 19.2. The number of hydrogen-bond donors (Lipinski definition) is 1. The first-order valence-corrected chi connectivity index (χ1v) is 9.99. The predicted molar refractivity (Wildman–Crippen MR) is 111 cm³/mol. The van der Waals surface area contributed by atoms with Crippen molar-refractivity contribution in [1.29, 1.82) is 0 Å². The molecule has 27 heavy (non-hydrogen) atoms. The highest BCUT2D eigenvalue weighted by molar-refractivity contribution is 9.10. The molecule has 140 valence electrons. The van der Waals surface area contributed by atoms with E-state index in [0.717, 1.165) is 32.9 Å². The van der Waals surface area contributed by atoms with Crippen LogP contribution in [0.4, 0.5) is 0 Å². The zero-order valence-corrected chi connectivity index (χ0v) is 17.5. The van der Waals surface area contributed by atoms with E-state index in [4.69, 9.17) is 16.3 Å². The van der Waals surface area contributed by atoms with Gasteiger partial charge in [0.15, 0.2) is 0 Å². The number of hydrogen-bond acceptors (Lipinski definition) is 2. The maximum atomic E-state index is 13.2. The number of fused-ring (bicyclic) bond motifs is 1. The lowest BCUT2D eigenvalue weighted by atomic mass is 9.89. The minimum atomic E-state index is -0.531. The van der Waals surface area contributed by atoms with Crippen molar-refractivity contribution >= 4 is 44.3 Å².